The first-order valence-electron chi connectivity index (χ1n) is 6.03. The molecular formula is C14H24N2. The molecule has 90 valence electrons. The van der Waals surface area contributed by atoms with Crippen LogP contribution in [0.4, 0.5) is 0 Å². The van der Waals surface area contributed by atoms with Crippen LogP contribution < -0.4 is 5.32 Å². The summed E-state index contributed by atoms with van der Waals surface area (Å²) in [5.41, 5.74) is 2.64. The van der Waals surface area contributed by atoms with Crippen LogP contribution in [0.2, 0.25) is 0 Å². The van der Waals surface area contributed by atoms with Crippen molar-refractivity contribution in [1.29, 1.82) is 0 Å². The van der Waals surface area contributed by atoms with Crippen LogP contribution in [-0.4, -0.2) is 12.0 Å². The highest BCUT2D eigenvalue weighted by Crippen LogP contribution is 2.26. The fraction of sp³-hybridized carbons (Fsp3) is 0.643. The topological polar surface area (TPSA) is 24.9 Å². The predicted molar refractivity (Wildman–Crippen MR) is 69.5 cm³/mol. The minimum atomic E-state index is 0.374. The van der Waals surface area contributed by atoms with Crippen molar-refractivity contribution in [1.82, 2.24) is 10.3 Å². The van der Waals surface area contributed by atoms with Gasteiger partial charge in [0, 0.05) is 11.7 Å². The molecule has 0 fully saturated rings. The maximum absolute atomic E-state index is 4.58. The normalized spacial score (nSPS) is 13.8. The fourth-order valence-electron chi connectivity index (χ4n) is 1.78. The lowest BCUT2D eigenvalue weighted by Gasteiger charge is -2.22. The maximum atomic E-state index is 4.58. The summed E-state index contributed by atoms with van der Waals surface area (Å²) in [6.45, 7) is 8.89. The zero-order chi connectivity index (χ0) is 12.2. The quantitative estimate of drug-likeness (QED) is 0.840. The monoisotopic (exact) mass is 220 g/mol. The zero-order valence-corrected chi connectivity index (χ0v) is 11.2. The van der Waals surface area contributed by atoms with Gasteiger partial charge in [-0.2, -0.15) is 0 Å². The standard InChI is InChI=1S/C14H24N2/c1-11-7-6-8-13(16-11)12(15-5)9-10-14(2,3)4/h6-8,12,15H,9-10H2,1-5H3. The van der Waals surface area contributed by atoms with Crippen LogP contribution in [0.5, 0.6) is 0 Å². The van der Waals surface area contributed by atoms with E-state index in [0.717, 1.165) is 17.8 Å². The SMILES string of the molecule is CNC(CCC(C)(C)C)c1cccc(C)n1. The molecular weight excluding hydrogens is 196 g/mol. The first-order valence-corrected chi connectivity index (χ1v) is 6.03. The largest absolute Gasteiger partial charge is 0.312 e. The lowest BCUT2D eigenvalue weighted by Crippen LogP contribution is -2.20. The van der Waals surface area contributed by atoms with Gasteiger partial charge in [0.05, 0.1) is 5.69 Å². The molecule has 0 aliphatic rings. The molecule has 1 aromatic heterocycles. The Kier molecular flexibility index (Phi) is 4.48. The van der Waals surface area contributed by atoms with Crippen molar-refractivity contribution in [3.05, 3.63) is 29.6 Å². The third-order valence-corrected chi connectivity index (χ3v) is 2.80. The molecule has 0 bridgehead atoms. The van der Waals surface area contributed by atoms with E-state index < -0.39 is 0 Å². The highest BCUT2D eigenvalue weighted by molar-refractivity contribution is 5.13. The van der Waals surface area contributed by atoms with Gasteiger partial charge in [-0.25, -0.2) is 0 Å². The van der Waals surface area contributed by atoms with Gasteiger partial charge in [-0.15, -0.1) is 0 Å². The highest BCUT2D eigenvalue weighted by Gasteiger charge is 2.16. The molecule has 1 rings (SSSR count). The van der Waals surface area contributed by atoms with Crippen molar-refractivity contribution in [2.75, 3.05) is 7.05 Å². The van der Waals surface area contributed by atoms with Gasteiger partial charge in [-0.1, -0.05) is 26.8 Å². The number of rotatable bonds is 4. The number of nitrogens with zero attached hydrogens (tertiary/aromatic N) is 1. The van der Waals surface area contributed by atoms with E-state index in [4.69, 9.17) is 0 Å². The lowest BCUT2D eigenvalue weighted by molar-refractivity contribution is 0.336. The van der Waals surface area contributed by atoms with Crippen LogP contribution in [0, 0.1) is 12.3 Å². The Morgan fingerprint density at radius 2 is 2.00 bits per heavy atom. The minimum Gasteiger partial charge on any atom is -0.312 e. The molecule has 0 amide bonds. The van der Waals surface area contributed by atoms with E-state index >= 15 is 0 Å². The minimum absolute atomic E-state index is 0.374. The van der Waals surface area contributed by atoms with Gasteiger partial charge in [0.25, 0.3) is 0 Å². The van der Waals surface area contributed by atoms with Crippen molar-refractivity contribution in [3.63, 3.8) is 0 Å². The molecule has 16 heavy (non-hydrogen) atoms. The van der Waals surface area contributed by atoms with Crippen LogP contribution in [0.3, 0.4) is 0 Å². The summed E-state index contributed by atoms with van der Waals surface area (Å²) in [6.07, 6.45) is 2.34. The zero-order valence-electron chi connectivity index (χ0n) is 11.2. The van der Waals surface area contributed by atoms with Gasteiger partial charge in [0.2, 0.25) is 0 Å². The second-order valence-electron chi connectivity index (χ2n) is 5.64. The summed E-state index contributed by atoms with van der Waals surface area (Å²) in [5, 5.41) is 3.36. The smallest absolute Gasteiger partial charge is 0.0576 e. The molecule has 1 heterocycles. The molecule has 0 radical (unpaired) electrons. The second kappa shape index (κ2) is 5.44. The van der Waals surface area contributed by atoms with Gasteiger partial charge < -0.3 is 5.32 Å². The van der Waals surface area contributed by atoms with E-state index in [1.165, 1.54) is 6.42 Å². The summed E-state index contributed by atoms with van der Waals surface area (Å²) in [5.74, 6) is 0. The number of aromatic nitrogens is 1. The first-order chi connectivity index (χ1) is 7.42. The lowest BCUT2D eigenvalue weighted by atomic mass is 9.88. The summed E-state index contributed by atoms with van der Waals surface area (Å²) in [7, 11) is 2.01. The predicted octanol–water partition coefficient (Wildman–Crippen LogP) is 3.48. The molecule has 0 aliphatic carbocycles. The average Bonchev–Trinajstić information content (AvgIpc) is 2.17. The molecule has 0 saturated carbocycles. The Morgan fingerprint density at radius 3 is 2.50 bits per heavy atom. The van der Waals surface area contributed by atoms with E-state index in [9.17, 15) is 0 Å². The van der Waals surface area contributed by atoms with Crippen molar-refractivity contribution in [3.8, 4) is 0 Å². The maximum Gasteiger partial charge on any atom is 0.0576 e. The van der Waals surface area contributed by atoms with E-state index in [2.05, 4.69) is 43.2 Å². The van der Waals surface area contributed by atoms with Gasteiger partial charge in [-0.05, 0) is 44.4 Å². The van der Waals surface area contributed by atoms with Crippen LogP contribution in [-0.2, 0) is 0 Å². The Hall–Kier alpha value is -0.890. The number of aryl methyl sites for hydroxylation is 1. The van der Waals surface area contributed by atoms with E-state index in [1.807, 2.05) is 20.0 Å². The number of nitrogens with one attached hydrogen (secondary N) is 1. The molecule has 0 aromatic carbocycles. The average molecular weight is 220 g/mol. The third kappa shape index (κ3) is 4.31. The molecule has 1 unspecified atom stereocenters. The Bertz CT molecular complexity index is 326. The molecule has 0 saturated heterocycles. The van der Waals surface area contributed by atoms with Crippen molar-refractivity contribution < 1.29 is 0 Å². The van der Waals surface area contributed by atoms with Gasteiger partial charge >= 0.3 is 0 Å². The second-order valence-corrected chi connectivity index (χ2v) is 5.64. The van der Waals surface area contributed by atoms with Gasteiger partial charge in [-0.3, -0.25) is 4.98 Å². The Balaban J connectivity index is 2.68. The molecule has 2 nitrogen and oxygen atoms in total. The van der Waals surface area contributed by atoms with Gasteiger partial charge in [0.1, 0.15) is 0 Å². The molecule has 1 aromatic rings. The first kappa shape index (κ1) is 13.2. The van der Waals surface area contributed by atoms with E-state index in [0.29, 0.717) is 11.5 Å². The number of hydrogen-bond acceptors (Lipinski definition) is 2. The fourth-order valence-corrected chi connectivity index (χ4v) is 1.78. The van der Waals surface area contributed by atoms with E-state index in [1.54, 1.807) is 0 Å². The highest BCUT2D eigenvalue weighted by atomic mass is 14.9. The van der Waals surface area contributed by atoms with Crippen molar-refractivity contribution in [2.24, 2.45) is 5.41 Å². The summed E-state index contributed by atoms with van der Waals surface area (Å²) in [4.78, 5) is 4.58. The van der Waals surface area contributed by atoms with Crippen molar-refractivity contribution >= 4 is 0 Å². The molecule has 0 aliphatic heterocycles. The summed E-state index contributed by atoms with van der Waals surface area (Å²) in [6, 6.07) is 6.61. The molecule has 0 spiro atoms. The van der Waals surface area contributed by atoms with Crippen LogP contribution in [0.1, 0.15) is 51.0 Å². The number of hydrogen-bond donors (Lipinski definition) is 1. The van der Waals surface area contributed by atoms with Crippen molar-refractivity contribution in [2.45, 2.75) is 46.6 Å². The molecule has 1 N–H and O–H groups in total. The summed E-state index contributed by atoms with van der Waals surface area (Å²) >= 11 is 0. The summed E-state index contributed by atoms with van der Waals surface area (Å²) < 4.78 is 0. The van der Waals surface area contributed by atoms with E-state index in [-0.39, 0.29) is 0 Å². The van der Waals surface area contributed by atoms with Crippen LogP contribution >= 0.6 is 0 Å². The molecule has 1 atom stereocenters. The molecule has 2 heteroatoms. The van der Waals surface area contributed by atoms with Crippen LogP contribution in [0.15, 0.2) is 18.2 Å². The Labute approximate surface area is 99.5 Å². The van der Waals surface area contributed by atoms with Gasteiger partial charge in [0.15, 0.2) is 0 Å². The third-order valence-electron chi connectivity index (χ3n) is 2.80. The van der Waals surface area contributed by atoms with Crippen LogP contribution in [0.25, 0.3) is 0 Å². The number of pyridine rings is 1. The Morgan fingerprint density at radius 1 is 1.31 bits per heavy atom.